The molecule has 2 heterocycles. The van der Waals surface area contributed by atoms with E-state index in [1.165, 1.54) is 6.39 Å². The van der Waals surface area contributed by atoms with Gasteiger partial charge in [-0.2, -0.15) is 0 Å². The Kier molecular flexibility index (Phi) is 3.73. The Bertz CT molecular complexity index is 559. The molecule has 1 unspecified atom stereocenters. The molecule has 104 valence electrons. The monoisotopic (exact) mass is 272 g/mol. The molecule has 1 fully saturated rings. The van der Waals surface area contributed by atoms with Crippen molar-refractivity contribution in [2.75, 3.05) is 18.4 Å². The number of anilines is 1. The van der Waals surface area contributed by atoms with Gasteiger partial charge in [-0.05, 0) is 49.7 Å². The van der Waals surface area contributed by atoms with Gasteiger partial charge in [0.1, 0.15) is 0 Å². The van der Waals surface area contributed by atoms with Crippen molar-refractivity contribution < 1.29 is 9.21 Å². The van der Waals surface area contributed by atoms with Gasteiger partial charge < -0.3 is 15.1 Å². The average Bonchev–Trinajstić information content (AvgIpc) is 3.12. The SMILES string of the molecule is O=C(CC1CCNC1)Nc1ccc(-c2nnco2)cc1. The lowest BCUT2D eigenvalue weighted by molar-refractivity contribution is -0.116. The Morgan fingerprint density at radius 2 is 2.25 bits per heavy atom. The first-order valence-electron chi connectivity index (χ1n) is 6.68. The van der Waals surface area contributed by atoms with Crippen LogP contribution in [0.3, 0.4) is 0 Å². The number of nitrogens with zero attached hydrogens (tertiary/aromatic N) is 2. The van der Waals surface area contributed by atoms with Crippen molar-refractivity contribution in [2.24, 2.45) is 5.92 Å². The third-order valence-electron chi connectivity index (χ3n) is 3.41. The maximum atomic E-state index is 11.9. The molecule has 1 aliphatic rings. The predicted molar refractivity (Wildman–Crippen MR) is 74.0 cm³/mol. The molecule has 3 rings (SSSR count). The van der Waals surface area contributed by atoms with E-state index in [2.05, 4.69) is 20.8 Å². The molecule has 0 saturated carbocycles. The van der Waals surface area contributed by atoms with Crippen LogP contribution in [0, 0.1) is 5.92 Å². The topological polar surface area (TPSA) is 80.0 Å². The summed E-state index contributed by atoms with van der Waals surface area (Å²) in [5.41, 5.74) is 1.62. The molecule has 1 saturated heterocycles. The zero-order chi connectivity index (χ0) is 13.8. The first kappa shape index (κ1) is 12.8. The lowest BCUT2D eigenvalue weighted by Crippen LogP contribution is -2.18. The molecule has 0 bridgehead atoms. The summed E-state index contributed by atoms with van der Waals surface area (Å²) in [7, 11) is 0. The highest BCUT2D eigenvalue weighted by Gasteiger charge is 2.18. The third kappa shape index (κ3) is 3.03. The molecule has 1 amide bonds. The van der Waals surface area contributed by atoms with E-state index in [1.807, 2.05) is 24.3 Å². The van der Waals surface area contributed by atoms with E-state index in [1.54, 1.807) is 0 Å². The second-order valence-electron chi connectivity index (χ2n) is 4.93. The highest BCUT2D eigenvalue weighted by Crippen LogP contribution is 2.19. The van der Waals surface area contributed by atoms with Gasteiger partial charge in [-0.3, -0.25) is 4.79 Å². The third-order valence-corrected chi connectivity index (χ3v) is 3.41. The number of carbonyl (C=O) groups is 1. The number of rotatable bonds is 4. The summed E-state index contributed by atoms with van der Waals surface area (Å²) < 4.78 is 5.11. The smallest absolute Gasteiger partial charge is 0.247 e. The van der Waals surface area contributed by atoms with Crippen LogP contribution in [-0.2, 0) is 4.79 Å². The lowest BCUT2D eigenvalue weighted by Gasteiger charge is -2.09. The van der Waals surface area contributed by atoms with Crippen molar-refractivity contribution in [3.05, 3.63) is 30.7 Å². The number of carbonyl (C=O) groups excluding carboxylic acids is 1. The first-order valence-corrected chi connectivity index (χ1v) is 6.68. The highest BCUT2D eigenvalue weighted by atomic mass is 16.4. The fourth-order valence-electron chi connectivity index (χ4n) is 2.36. The van der Waals surface area contributed by atoms with Crippen LogP contribution >= 0.6 is 0 Å². The second kappa shape index (κ2) is 5.83. The van der Waals surface area contributed by atoms with Crippen LogP contribution in [0.5, 0.6) is 0 Å². The standard InChI is InChI=1S/C14H16N4O2/c19-13(7-10-5-6-15-8-10)17-12-3-1-11(2-4-12)14-18-16-9-20-14/h1-4,9-10,15H,5-8H2,(H,17,19). The summed E-state index contributed by atoms with van der Waals surface area (Å²) in [6, 6.07) is 7.37. The summed E-state index contributed by atoms with van der Waals surface area (Å²) in [5.74, 6) is 0.983. The molecule has 6 nitrogen and oxygen atoms in total. The van der Waals surface area contributed by atoms with Crippen LogP contribution in [0.4, 0.5) is 5.69 Å². The summed E-state index contributed by atoms with van der Waals surface area (Å²) >= 11 is 0. The van der Waals surface area contributed by atoms with E-state index in [-0.39, 0.29) is 5.91 Å². The molecule has 20 heavy (non-hydrogen) atoms. The van der Waals surface area contributed by atoms with E-state index in [4.69, 9.17) is 4.42 Å². The number of hydrogen-bond donors (Lipinski definition) is 2. The summed E-state index contributed by atoms with van der Waals surface area (Å²) in [6.45, 7) is 1.94. The zero-order valence-corrected chi connectivity index (χ0v) is 11.0. The Morgan fingerprint density at radius 3 is 2.90 bits per heavy atom. The number of aromatic nitrogens is 2. The van der Waals surface area contributed by atoms with Gasteiger partial charge in [0.25, 0.3) is 0 Å². The summed E-state index contributed by atoms with van der Waals surface area (Å²) in [6.07, 6.45) is 2.93. The zero-order valence-electron chi connectivity index (χ0n) is 11.0. The summed E-state index contributed by atoms with van der Waals surface area (Å²) in [5, 5.41) is 13.6. The quantitative estimate of drug-likeness (QED) is 0.885. The van der Waals surface area contributed by atoms with Gasteiger partial charge >= 0.3 is 0 Å². The molecule has 1 atom stereocenters. The van der Waals surface area contributed by atoms with Crippen molar-refractivity contribution in [3.63, 3.8) is 0 Å². The second-order valence-corrected chi connectivity index (χ2v) is 4.93. The van der Waals surface area contributed by atoms with Crippen LogP contribution in [0.2, 0.25) is 0 Å². The predicted octanol–water partition coefficient (Wildman–Crippen LogP) is 1.67. The molecule has 2 aromatic rings. The highest BCUT2D eigenvalue weighted by molar-refractivity contribution is 5.91. The Morgan fingerprint density at radius 1 is 1.40 bits per heavy atom. The minimum Gasteiger partial charge on any atom is -0.423 e. The van der Waals surface area contributed by atoms with Crippen molar-refractivity contribution in [1.29, 1.82) is 0 Å². The van der Waals surface area contributed by atoms with Crippen LogP contribution in [0.15, 0.2) is 35.1 Å². The maximum Gasteiger partial charge on any atom is 0.247 e. The van der Waals surface area contributed by atoms with Crippen LogP contribution in [0.25, 0.3) is 11.5 Å². The van der Waals surface area contributed by atoms with Crippen molar-refractivity contribution in [1.82, 2.24) is 15.5 Å². The molecule has 6 heteroatoms. The Labute approximate surface area is 116 Å². The fraction of sp³-hybridized carbons (Fsp3) is 0.357. The van der Waals surface area contributed by atoms with E-state index in [0.29, 0.717) is 18.2 Å². The summed E-state index contributed by atoms with van der Waals surface area (Å²) in [4.78, 5) is 11.9. The van der Waals surface area contributed by atoms with Gasteiger partial charge in [0.05, 0.1) is 0 Å². The first-order chi connectivity index (χ1) is 9.81. The van der Waals surface area contributed by atoms with E-state index in [9.17, 15) is 4.79 Å². The number of hydrogen-bond acceptors (Lipinski definition) is 5. The molecule has 1 aromatic heterocycles. The molecule has 1 aliphatic heterocycles. The van der Waals surface area contributed by atoms with Gasteiger partial charge in [0.2, 0.25) is 18.2 Å². The minimum atomic E-state index is 0.0595. The van der Waals surface area contributed by atoms with E-state index < -0.39 is 0 Å². The van der Waals surface area contributed by atoms with Gasteiger partial charge in [0.15, 0.2) is 0 Å². The lowest BCUT2D eigenvalue weighted by atomic mass is 10.0. The van der Waals surface area contributed by atoms with Crippen LogP contribution in [0.1, 0.15) is 12.8 Å². The van der Waals surface area contributed by atoms with Crippen molar-refractivity contribution in [3.8, 4) is 11.5 Å². The molecular formula is C14H16N4O2. The largest absolute Gasteiger partial charge is 0.423 e. The van der Waals surface area contributed by atoms with Crippen LogP contribution in [-0.4, -0.2) is 29.2 Å². The minimum absolute atomic E-state index is 0.0595. The molecule has 2 N–H and O–H groups in total. The van der Waals surface area contributed by atoms with E-state index >= 15 is 0 Å². The number of amides is 1. The molecule has 0 radical (unpaired) electrons. The fourth-order valence-corrected chi connectivity index (χ4v) is 2.36. The molecular weight excluding hydrogens is 256 g/mol. The Hall–Kier alpha value is -2.21. The van der Waals surface area contributed by atoms with Gasteiger partial charge in [0, 0.05) is 17.7 Å². The number of nitrogens with one attached hydrogen (secondary N) is 2. The number of benzene rings is 1. The van der Waals surface area contributed by atoms with Gasteiger partial charge in [-0.1, -0.05) is 0 Å². The average molecular weight is 272 g/mol. The normalized spacial score (nSPS) is 18.1. The maximum absolute atomic E-state index is 11.9. The van der Waals surface area contributed by atoms with Gasteiger partial charge in [-0.25, -0.2) is 0 Å². The van der Waals surface area contributed by atoms with Gasteiger partial charge in [-0.15, -0.1) is 10.2 Å². The van der Waals surface area contributed by atoms with Crippen LogP contribution < -0.4 is 10.6 Å². The molecule has 0 spiro atoms. The molecule has 1 aromatic carbocycles. The van der Waals surface area contributed by atoms with Crippen molar-refractivity contribution >= 4 is 11.6 Å². The molecule has 0 aliphatic carbocycles. The van der Waals surface area contributed by atoms with Crippen molar-refractivity contribution in [2.45, 2.75) is 12.8 Å². The Balaban J connectivity index is 1.59. The van der Waals surface area contributed by atoms with E-state index in [0.717, 1.165) is 30.8 Å².